The van der Waals surface area contributed by atoms with Gasteiger partial charge in [-0.3, -0.25) is 14.4 Å². The third-order valence-electron chi connectivity index (χ3n) is 7.51. The molecular weight excluding hydrogens is 410 g/mol. The molecule has 3 amide bonds. The van der Waals surface area contributed by atoms with E-state index in [4.69, 9.17) is 4.74 Å². The third kappa shape index (κ3) is 3.06. The predicted molar refractivity (Wildman–Crippen MR) is 118 cm³/mol. The van der Waals surface area contributed by atoms with E-state index in [1.807, 2.05) is 52.0 Å². The van der Waals surface area contributed by atoms with E-state index < -0.39 is 29.1 Å². The summed E-state index contributed by atoms with van der Waals surface area (Å²) in [5.41, 5.74) is -2.18. The first-order valence-electron chi connectivity index (χ1n) is 11.8. The van der Waals surface area contributed by atoms with Crippen molar-refractivity contribution in [2.45, 2.75) is 63.8 Å². The van der Waals surface area contributed by atoms with Crippen molar-refractivity contribution in [3.63, 3.8) is 0 Å². The van der Waals surface area contributed by atoms with Crippen LogP contribution in [0.1, 0.15) is 40.5 Å². The van der Waals surface area contributed by atoms with Gasteiger partial charge in [0.05, 0.1) is 24.0 Å². The van der Waals surface area contributed by atoms with E-state index in [0.29, 0.717) is 26.1 Å². The Morgan fingerprint density at radius 3 is 2.38 bits per heavy atom. The van der Waals surface area contributed by atoms with E-state index in [2.05, 4.69) is 0 Å². The van der Waals surface area contributed by atoms with Crippen molar-refractivity contribution in [2.75, 3.05) is 32.8 Å². The second kappa shape index (κ2) is 8.30. The molecule has 1 unspecified atom stereocenters. The zero-order valence-corrected chi connectivity index (χ0v) is 19.5. The van der Waals surface area contributed by atoms with Crippen LogP contribution in [-0.4, -0.2) is 93.6 Å². The van der Waals surface area contributed by atoms with E-state index in [-0.39, 0.29) is 36.9 Å². The molecule has 1 N–H and O–H groups in total. The number of ether oxygens (including phenoxy) is 1. The molecular formula is C24H35N3O5. The van der Waals surface area contributed by atoms with E-state index in [1.54, 1.807) is 9.80 Å². The number of aliphatic hydroxyl groups is 1. The molecule has 0 radical (unpaired) electrons. The Morgan fingerprint density at radius 2 is 1.75 bits per heavy atom. The summed E-state index contributed by atoms with van der Waals surface area (Å²) in [6.45, 7) is 9.15. The normalized spacial score (nSPS) is 36.5. The zero-order chi connectivity index (χ0) is 23.3. The van der Waals surface area contributed by atoms with Gasteiger partial charge in [0.2, 0.25) is 17.7 Å². The molecule has 4 aliphatic heterocycles. The molecule has 2 saturated heterocycles. The Balaban J connectivity index is 1.89. The number of hydrogen-bond donors (Lipinski definition) is 1. The summed E-state index contributed by atoms with van der Waals surface area (Å²) in [7, 11) is 0. The number of carbonyl (C=O) groups is 3. The minimum Gasteiger partial charge on any atom is -0.395 e. The molecule has 0 aliphatic carbocycles. The van der Waals surface area contributed by atoms with Crippen molar-refractivity contribution in [3.05, 3.63) is 24.3 Å². The number of nitrogens with zero attached hydrogens (tertiary/aromatic N) is 3. The van der Waals surface area contributed by atoms with Crippen molar-refractivity contribution < 1.29 is 24.2 Å². The zero-order valence-electron chi connectivity index (χ0n) is 19.5. The molecule has 1 spiro atoms. The van der Waals surface area contributed by atoms with E-state index in [9.17, 15) is 19.5 Å². The molecule has 0 bridgehead atoms. The number of amides is 3. The number of aliphatic hydroxyl groups excluding tert-OH is 1. The number of carbonyl (C=O) groups excluding carboxylic acids is 3. The van der Waals surface area contributed by atoms with Gasteiger partial charge in [-0.05, 0) is 26.7 Å². The summed E-state index contributed by atoms with van der Waals surface area (Å²) in [5.74, 6) is -2.09. The summed E-state index contributed by atoms with van der Waals surface area (Å²) >= 11 is 0. The number of fused-ring (bicyclic) bond motifs is 2. The van der Waals surface area contributed by atoms with Gasteiger partial charge in [0.1, 0.15) is 11.6 Å². The van der Waals surface area contributed by atoms with Crippen molar-refractivity contribution in [2.24, 2.45) is 11.8 Å². The molecule has 4 heterocycles. The largest absolute Gasteiger partial charge is 0.395 e. The van der Waals surface area contributed by atoms with Crippen LogP contribution in [0.15, 0.2) is 24.3 Å². The van der Waals surface area contributed by atoms with E-state index in [0.717, 1.165) is 6.42 Å². The first-order valence-corrected chi connectivity index (χ1v) is 11.8. The average Bonchev–Trinajstić information content (AvgIpc) is 3.03. The number of rotatable bonds is 6. The molecule has 0 aromatic rings. The van der Waals surface area contributed by atoms with Gasteiger partial charge in [-0.2, -0.15) is 0 Å². The lowest BCUT2D eigenvalue weighted by Gasteiger charge is -2.39. The fourth-order valence-electron chi connectivity index (χ4n) is 6.11. The Labute approximate surface area is 189 Å². The Morgan fingerprint density at radius 1 is 1.03 bits per heavy atom. The highest BCUT2D eigenvalue weighted by Gasteiger charge is 2.75. The van der Waals surface area contributed by atoms with Crippen molar-refractivity contribution in [3.8, 4) is 0 Å². The number of hydrogen-bond acceptors (Lipinski definition) is 5. The summed E-state index contributed by atoms with van der Waals surface area (Å²) in [6, 6.07) is -0.953. The maximum atomic E-state index is 13.8. The molecule has 32 heavy (non-hydrogen) atoms. The highest BCUT2D eigenvalue weighted by molar-refractivity contribution is 6.00. The van der Waals surface area contributed by atoms with Gasteiger partial charge in [-0.1, -0.05) is 38.2 Å². The molecule has 0 aromatic carbocycles. The molecule has 0 saturated carbocycles. The summed E-state index contributed by atoms with van der Waals surface area (Å²) in [4.78, 5) is 46.4. The molecule has 176 valence electrons. The average molecular weight is 446 g/mol. The Bertz CT molecular complexity index is 855. The second-order valence-electron chi connectivity index (χ2n) is 9.55. The molecule has 5 atom stereocenters. The van der Waals surface area contributed by atoms with Crippen LogP contribution in [-0.2, 0) is 19.1 Å². The molecule has 2 fully saturated rings. The molecule has 8 nitrogen and oxygen atoms in total. The van der Waals surface area contributed by atoms with Gasteiger partial charge < -0.3 is 24.5 Å². The van der Waals surface area contributed by atoms with Gasteiger partial charge >= 0.3 is 0 Å². The van der Waals surface area contributed by atoms with Crippen LogP contribution < -0.4 is 0 Å². The lowest BCUT2D eigenvalue weighted by molar-refractivity contribution is -0.155. The van der Waals surface area contributed by atoms with Crippen molar-refractivity contribution in [1.29, 1.82) is 0 Å². The maximum absolute atomic E-state index is 13.8. The minimum atomic E-state index is -1.23. The fourth-order valence-corrected chi connectivity index (χ4v) is 6.11. The van der Waals surface area contributed by atoms with E-state index in [1.165, 1.54) is 4.90 Å². The first kappa shape index (κ1) is 23.0. The van der Waals surface area contributed by atoms with Crippen molar-refractivity contribution in [1.82, 2.24) is 14.7 Å². The highest BCUT2D eigenvalue weighted by Crippen LogP contribution is 2.58. The monoisotopic (exact) mass is 445 g/mol. The number of β-amino-alcohol motifs (C(OH)–C–C–N with tert-alkyl or cyclic N) is 1. The maximum Gasteiger partial charge on any atom is 0.249 e. The van der Waals surface area contributed by atoms with Gasteiger partial charge in [-0.25, -0.2) is 0 Å². The number of likely N-dealkylation sites (tertiary alicyclic amines) is 1. The second-order valence-corrected chi connectivity index (χ2v) is 9.55. The van der Waals surface area contributed by atoms with Crippen LogP contribution in [0.4, 0.5) is 0 Å². The molecule has 4 rings (SSSR count). The lowest BCUT2D eigenvalue weighted by Crippen LogP contribution is -2.57. The summed E-state index contributed by atoms with van der Waals surface area (Å²) < 4.78 is 6.81. The quantitative estimate of drug-likeness (QED) is 0.615. The van der Waals surface area contributed by atoms with Gasteiger partial charge in [0, 0.05) is 32.2 Å². The topological polar surface area (TPSA) is 90.4 Å². The van der Waals surface area contributed by atoms with Crippen LogP contribution in [0.5, 0.6) is 0 Å². The molecule has 0 aromatic heterocycles. The summed E-state index contributed by atoms with van der Waals surface area (Å²) in [6.07, 6.45) is 9.00. The van der Waals surface area contributed by atoms with Crippen molar-refractivity contribution >= 4 is 17.7 Å². The Kier molecular flexibility index (Phi) is 5.96. The van der Waals surface area contributed by atoms with Crippen LogP contribution in [0, 0.1) is 11.8 Å². The van der Waals surface area contributed by atoms with Gasteiger partial charge in [0.15, 0.2) is 0 Å². The van der Waals surface area contributed by atoms with Crippen LogP contribution in [0.3, 0.4) is 0 Å². The minimum absolute atomic E-state index is 0.0329. The third-order valence-corrected chi connectivity index (χ3v) is 7.51. The van der Waals surface area contributed by atoms with Crippen LogP contribution >= 0.6 is 0 Å². The molecule has 8 heteroatoms. The summed E-state index contributed by atoms with van der Waals surface area (Å²) in [5, 5.41) is 9.70. The fraction of sp³-hybridized carbons (Fsp3) is 0.708. The first-order chi connectivity index (χ1) is 15.3. The van der Waals surface area contributed by atoms with Crippen LogP contribution in [0.25, 0.3) is 0 Å². The van der Waals surface area contributed by atoms with E-state index >= 15 is 0 Å². The predicted octanol–water partition coefficient (Wildman–Crippen LogP) is 0.955. The smallest absolute Gasteiger partial charge is 0.249 e. The standard InChI is InChI=1S/C24H35N3O5/c1-5-11-25-12-7-9-23(6-2)17(20(25)29)18-21(30)27(14-15-28)19-22(31)26(16(3)4)13-8-10-24(18,19)32-23/h7-10,16-19,28H,5-6,11-15H2,1-4H3/t17-,18+,19?,23+,24+/m1/s1. The molecule has 4 aliphatic rings. The SMILES string of the molecule is CCCN1CC=C[C@]2(CC)O[C@]34C=CCN(C(C)C)C(=O)C3N(CCO)C(=O)[C@@H]4[C@@H]2C1=O. The van der Waals surface area contributed by atoms with Gasteiger partial charge in [-0.15, -0.1) is 0 Å². The van der Waals surface area contributed by atoms with Crippen LogP contribution in [0.2, 0.25) is 0 Å². The lowest BCUT2D eigenvalue weighted by atomic mass is 9.73. The van der Waals surface area contributed by atoms with Gasteiger partial charge in [0.25, 0.3) is 0 Å². The highest BCUT2D eigenvalue weighted by atomic mass is 16.5. The Hall–Kier alpha value is -2.19.